The third kappa shape index (κ3) is 10.2. The van der Waals surface area contributed by atoms with E-state index in [9.17, 15) is 19.2 Å². The third-order valence-electron chi connectivity index (χ3n) is 3.06. The monoisotopic (exact) mass is 330 g/mol. The minimum Gasteiger partial charge on any atom is -0.370 e. The van der Waals surface area contributed by atoms with E-state index in [4.69, 9.17) is 22.9 Å². The Labute approximate surface area is 134 Å². The summed E-state index contributed by atoms with van der Waals surface area (Å²) in [6.07, 6.45) is 1.75. The van der Waals surface area contributed by atoms with Gasteiger partial charge in [-0.1, -0.05) is 6.42 Å². The summed E-state index contributed by atoms with van der Waals surface area (Å²) in [7, 11) is 0. The predicted molar refractivity (Wildman–Crippen MR) is 83.4 cm³/mol. The molecule has 0 aliphatic carbocycles. The van der Waals surface area contributed by atoms with Gasteiger partial charge in [0.15, 0.2) is 0 Å². The molecule has 0 aliphatic heterocycles. The van der Waals surface area contributed by atoms with Crippen molar-refractivity contribution in [1.82, 2.24) is 10.6 Å². The van der Waals surface area contributed by atoms with Crippen molar-refractivity contribution in [3.63, 3.8) is 0 Å². The molecule has 10 heteroatoms. The van der Waals surface area contributed by atoms with E-state index in [0.29, 0.717) is 19.4 Å². The van der Waals surface area contributed by atoms with Gasteiger partial charge in [0.25, 0.3) is 0 Å². The van der Waals surface area contributed by atoms with Crippen molar-refractivity contribution >= 4 is 23.6 Å². The molecule has 2 atom stereocenters. The number of nitrogens with one attached hydrogen (secondary N) is 2. The van der Waals surface area contributed by atoms with Gasteiger partial charge in [0.1, 0.15) is 6.04 Å². The van der Waals surface area contributed by atoms with E-state index in [-0.39, 0.29) is 19.4 Å². The molecule has 0 aliphatic rings. The van der Waals surface area contributed by atoms with Crippen LogP contribution in [0.3, 0.4) is 0 Å². The molecule has 0 radical (unpaired) electrons. The zero-order valence-electron chi connectivity index (χ0n) is 13.0. The maximum atomic E-state index is 12.0. The second-order valence-corrected chi connectivity index (χ2v) is 5.14. The fourth-order valence-electron chi connectivity index (χ4n) is 1.77. The van der Waals surface area contributed by atoms with Crippen LogP contribution in [-0.4, -0.2) is 48.8 Å². The van der Waals surface area contributed by atoms with Crippen molar-refractivity contribution in [1.29, 1.82) is 0 Å². The average Bonchev–Trinajstić information content (AvgIpc) is 2.48. The number of amides is 4. The molecule has 0 fully saturated rings. The van der Waals surface area contributed by atoms with Crippen molar-refractivity contribution in [3.05, 3.63) is 0 Å². The molecule has 0 aromatic rings. The van der Waals surface area contributed by atoms with Crippen molar-refractivity contribution in [2.75, 3.05) is 13.1 Å². The van der Waals surface area contributed by atoms with Gasteiger partial charge >= 0.3 is 0 Å². The highest BCUT2D eigenvalue weighted by molar-refractivity contribution is 5.91. The number of hydrogen-bond acceptors (Lipinski definition) is 6. The summed E-state index contributed by atoms with van der Waals surface area (Å²) < 4.78 is 0. The molecule has 0 saturated carbocycles. The molecule has 0 saturated heterocycles. The maximum Gasteiger partial charge on any atom is 0.243 e. The lowest BCUT2D eigenvalue weighted by Gasteiger charge is -2.20. The zero-order valence-corrected chi connectivity index (χ0v) is 13.0. The van der Waals surface area contributed by atoms with Gasteiger partial charge in [-0.25, -0.2) is 0 Å². The minimum absolute atomic E-state index is 0.00118. The lowest BCUT2D eigenvalue weighted by Crippen LogP contribution is -2.52. The Morgan fingerprint density at radius 1 is 0.913 bits per heavy atom. The number of nitrogens with two attached hydrogens (primary N) is 4. The van der Waals surface area contributed by atoms with Gasteiger partial charge in [-0.3, -0.25) is 19.2 Å². The summed E-state index contributed by atoms with van der Waals surface area (Å²) in [6.45, 7) is 0.134. The Balaban J connectivity index is 4.59. The van der Waals surface area contributed by atoms with Crippen LogP contribution in [0.5, 0.6) is 0 Å². The van der Waals surface area contributed by atoms with Crippen molar-refractivity contribution in [2.45, 2.75) is 44.2 Å². The topological polar surface area (TPSA) is 196 Å². The number of primary amides is 2. The van der Waals surface area contributed by atoms with E-state index in [2.05, 4.69) is 10.6 Å². The Morgan fingerprint density at radius 2 is 1.57 bits per heavy atom. The molecule has 0 unspecified atom stereocenters. The maximum absolute atomic E-state index is 12.0. The van der Waals surface area contributed by atoms with Gasteiger partial charge in [-0.05, 0) is 25.8 Å². The van der Waals surface area contributed by atoms with Crippen LogP contribution in [-0.2, 0) is 19.2 Å². The number of carbonyl (C=O) groups is 4. The van der Waals surface area contributed by atoms with Crippen LogP contribution in [0, 0.1) is 0 Å². The standard InChI is InChI=1S/C13H26N6O4/c14-6-2-1-3-8(15)12(22)19-9(4-5-10(16)20)13(23)18-7-11(17)21/h8-9H,1-7,14-15H2,(H2,16,20)(H2,17,21)(H,18,23)(H,19,22)/t8-,9-/m0/s1. The molecule has 132 valence electrons. The molecule has 0 heterocycles. The van der Waals surface area contributed by atoms with Gasteiger partial charge in [0, 0.05) is 6.42 Å². The van der Waals surface area contributed by atoms with E-state index in [1.165, 1.54) is 0 Å². The second-order valence-electron chi connectivity index (χ2n) is 5.14. The summed E-state index contributed by atoms with van der Waals surface area (Å²) in [5, 5.41) is 4.72. The minimum atomic E-state index is -1.02. The number of unbranched alkanes of at least 4 members (excludes halogenated alkanes) is 1. The van der Waals surface area contributed by atoms with E-state index in [0.717, 1.165) is 6.42 Å². The van der Waals surface area contributed by atoms with E-state index in [1.807, 2.05) is 0 Å². The summed E-state index contributed by atoms with van der Waals surface area (Å²) in [4.78, 5) is 45.5. The van der Waals surface area contributed by atoms with Crippen LogP contribution in [0.4, 0.5) is 0 Å². The molecule has 23 heavy (non-hydrogen) atoms. The first-order valence-electron chi connectivity index (χ1n) is 7.38. The largest absolute Gasteiger partial charge is 0.370 e. The molecule has 4 amide bonds. The van der Waals surface area contributed by atoms with Crippen LogP contribution in [0.1, 0.15) is 32.1 Å². The molecule has 0 bridgehead atoms. The summed E-state index contributed by atoms with van der Waals surface area (Å²) in [5.41, 5.74) is 21.1. The fourth-order valence-corrected chi connectivity index (χ4v) is 1.77. The Hall–Kier alpha value is -2.20. The third-order valence-corrected chi connectivity index (χ3v) is 3.06. The molecule has 10 nitrogen and oxygen atoms in total. The average molecular weight is 330 g/mol. The van der Waals surface area contributed by atoms with Gasteiger partial charge < -0.3 is 33.6 Å². The van der Waals surface area contributed by atoms with Crippen LogP contribution >= 0.6 is 0 Å². The Morgan fingerprint density at radius 3 is 2.09 bits per heavy atom. The molecule has 0 aromatic carbocycles. The molecular formula is C13H26N6O4. The number of carbonyl (C=O) groups excluding carboxylic acids is 4. The number of rotatable bonds is 12. The van der Waals surface area contributed by atoms with Gasteiger partial charge in [0.05, 0.1) is 12.6 Å². The second kappa shape index (κ2) is 11.4. The van der Waals surface area contributed by atoms with E-state index in [1.54, 1.807) is 0 Å². The van der Waals surface area contributed by atoms with Gasteiger partial charge in [-0.15, -0.1) is 0 Å². The zero-order chi connectivity index (χ0) is 17.8. The summed E-state index contributed by atoms with van der Waals surface area (Å²) >= 11 is 0. The molecule has 0 spiro atoms. The normalized spacial score (nSPS) is 13.0. The summed E-state index contributed by atoms with van der Waals surface area (Å²) in [6, 6.07) is -1.81. The van der Waals surface area contributed by atoms with Crippen molar-refractivity contribution in [3.8, 4) is 0 Å². The predicted octanol–water partition coefficient (Wildman–Crippen LogP) is -3.21. The highest BCUT2D eigenvalue weighted by Crippen LogP contribution is 2.02. The van der Waals surface area contributed by atoms with Gasteiger partial charge in [0.2, 0.25) is 23.6 Å². The number of hydrogen-bond donors (Lipinski definition) is 6. The van der Waals surface area contributed by atoms with Crippen molar-refractivity contribution < 1.29 is 19.2 Å². The van der Waals surface area contributed by atoms with Gasteiger partial charge in [-0.2, -0.15) is 0 Å². The van der Waals surface area contributed by atoms with Crippen LogP contribution in [0.2, 0.25) is 0 Å². The lowest BCUT2D eigenvalue weighted by molar-refractivity contribution is -0.131. The van der Waals surface area contributed by atoms with Crippen LogP contribution in [0.15, 0.2) is 0 Å². The van der Waals surface area contributed by atoms with Crippen LogP contribution in [0.25, 0.3) is 0 Å². The quantitative estimate of drug-likeness (QED) is 0.204. The smallest absolute Gasteiger partial charge is 0.243 e. The first-order valence-corrected chi connectivity index (χ1v) is 7.38. The molecular weight excluding hydrogens is 304 g/mol. The van der Waals surface area contributed by atoms with E-state index < -0.39 is 35.7 Å². The van der Waals surface area contributed by atoms with Crippen LogP contribution < -0.4 is 33.6 Å². The fraction of sp³-hybridized carbons (Fsp3) is 0.692. The highest BCUT2D eigenvalue weighted by atomic mass is 16.2. The Kier molecular flexibility index (Phi) is 10.3. The highest BCUT2D eigenvalue weighted by Gasteiger charge is 2.24. The lowest BCUT2D eigenvalue weighted by atomic mass is 10.1. The SMILES string of the molecule is NCCCC[C@H](N)C(=O)N[C@@H](CCC(N)=O)C(=O)NCC(N)=O. The molecule has 0 rings (SSSR count). The molecule has 0 aromatic heterocycles. The summed E-state index contributed by atoms with van der Waals surface area (Å²) in [5.74, 6) is -2.49. The molecule has 10 N–H and O–H groups in total. The Bertz CT molecular complexity index is 429. The first-order chi connectivity index (χ1) is 10.8. The van der Waals surface area contributed by atoms with Crippen molar-refractivity contribution in [2.24, 2.45) is 22.9 Å². The van der Waals surface area contributed by atoms with E-state index >= 15 is 0 Å². The first kappa shape index (κ1) is 20.8.